The first kappa shape index (κ1) is 13.6. The van der Waals surface area contributed by atoms with Gasteiger partial charge in [0.25, 0.3) is 0 Å². The van der Waals surface area contributed by atoms with Gasteiger partial charge in [0.1, 0.15) is 5.75 Å². The summed E-state index contributed by atoms with van der Waals surface area (Å²) >= 11 is 0. The van der Waals surface area contributed by atoms with Crippen molar-refractivity contribution in [3.63, 3.8) is 0 Å². The van der Waals surface area contributed by atoms with Crippen LogP contribution in [0.25, 0.3) is 0 Å². The molecule has 1 aromatic heterocycles. The Morgan fingerprint density at radius 1 is 1.29 bits per heavy atom. The van der Waals surface area contributed by atoms with Crippen LogP contribution in [0.4, 0.5) is 0 Å². The normalized spacial score (nSPS) is 15.2. The summed E-state index contributed by atoms with van der Waals surface area (Å²) in [6.45, 7) is 0.211. The summed E-state index contributed by atoms with van der Waals surface area (Å²) < 4.78 is 10.8. The molecule has 0 spiro atoms. The zero-order valence-electron chi connectivity index (χ0n) is 11.5. The quantitative estimate of drug-likeness (QED) is 0.910. The lowest BCUT2D eigenvalue weighted by Crippen LogP contribution is -2.00. The Hall–Kier alpha value is -2.37. The molecule has 3 rings (SSSR count). The van der Waals surface area contributed by atoms with Crippen molar-refractivity contribution in [1.29, 1.82) is 0 Å². The highest BCUT2D eigenvalue weighted by Gasteiger charge is 2.22. The molecule has 0 atom stereocenters. The fourth-order valence-electron chi connectivity index (χ4n) is 2.51. The molecule has 2 aromatic rings. The van der Waals surface area contributed by atoms with E-state index in [2.05, 4.69) is 10.1 Å². The predicted molar refractivity (Wildman–Crippen MR) is 73.2 cm³/mol. The standard InChI is InChI=1S/C15H16N2O4/c18-15(19)11-5-7-12(8-6-11)20-9-13-16-14(21-17-13)10-3-1-2-4-10/h5-8,10H,1-4,9H2,(H,18,19). The number of aromatic nitrogens is 2. The third-order valence-electron chi connectivity index (χ3n) is 3.66. The van der Waals surface area contributed by atoms with Crippen LogP contribution in [0.2, 0.25) is 0 Å². The Morgan fingerprint density at radius 3 is 2.67 bits per heavy atom. The van der Waals surface area contributed by atoms with Gasteiger partial charge in [-0.3, -0.25) is 0 Å². The highest BCUT2D eigenvalue weighted by Crippen LogP contribution is 2.32. The van der Waals surface area contributed by atoms with E-state index >= 15 is 0 Å². The zero-order chi connectivity index (χ0) is 14.7. The van der Waals surface area contributed by atoms with Crippen molar-refractivity contribution >= 4 is 5.97 Å². The van der Waals surface area contributed by atoms with E-state index in [1.807, 2.05) is 0 Å². The molecule has 0 amide bonds. The molecule has 0 aliphatic heterocycles. The largest absolute Gasteiger partial charge is 0.485 e. The van der Waals surface area contributed by atoms with E-state index in [1.54, 1.807) is 12.1 Å². The van der Waals surface area contributed by atoms with Crippen molar-refractivity contribution in [2.75, 3.05) is 0 Å². The summed E-state index contributed by atoms with van der Waals surface area (Å²) in [5.41, 5.74) is 0.227. The molecule has 0 radical (unpaired) electrons. The molecule has 6 nitrogen and oxygen atoms in total. The Kier molecular flexibility index (Phi) is 3.85. The molecule has 1 aromatic carbocycles. The molecular weight excluding hydrogens is 272 g/mol. The molecule has 0 bridgehead atoms. The van der Waals surface area contributed by atoms with Gasteiger partial charge in [-0.05, 0) is 37.1 Å². The second-order valence-corrected chi connectivity index (χ2v) is 5.15. The number of ether oxygens (including phenoxy) is 1. The summed E-state index contributed by atoms with van der Waals surface area (Å²) in [6, 6.07) is 6.22. The van der Waals surface area contributed by atoms with Gasteiger partial charge in [0, 0.05) is 5.92 Å². The van der Waals surface area contributed by atoms with E-state index < -0.39 is 5.97 Å². The fraction of sp³-hybridized carbons (Fsp3) is 0.400. The molecule has 6 heteroatoms. The highest BCUT2D eigenvalue weighted by molar-refractivity contribution is 5.87. The number of nitrogens with zero attached hydrogens (tertiary/aromatic N) is 2. The number of hydrogen-bond acceptors (Lipinski definition) is 5. The van der Waals surface area contributed by atoms with Gasteiger partial charge >= 0.3 is 5.97 Å². The van der Waals surface area contributed by atoms with Crippen LogP contribution in [0.1, 0.15) is 53.7 Å². The van der Waals surface area contributed by atoms with Gasteiger partial charge in [-0.2, -0.15) is 4.98 Å². The van der Waals surface area contributed by atoms with Crippen LogP contribution in [0.3, 0.4) is 0 Å². The number of carboxylic acids is 1. The second kappa shape index (κ2) is 5.95. The second-order valence-electron chi connectivity index (χ2n) is 5.15. The molecule has 1 N–H and O–H groups in total. The topological polar surface area (TPSA) is 85.5 Å². The number of benzene rings is 1. The predicted octanol–water partition coefficient (Wildman–Crippen LogP) is 3.00. The Labute approximate surface area is 121 Å². The molecular formula is C15H16N2O4. The molecule has 1 aliphatic carbocycles. The minimum absolute atomic E-state index is 0.211. The van der Waals surface area contributed by atoms with Gasteiger partial charge in [-0.15, -0.1) is 0 Å². The van der Waals surface area contributed by atoms with Gasteiger partial charge in [0.05, 0.1) is 5.56 Å². The molecule has 1 heterocycles. The Morgan fingerprint density at radius 2 is 2.00 bits per heavy atom. The number of hydrogen-bond donors (Lipinski definition) is 1. The van der Waals surface area contributed by atoms with Crippen LogP contribution >= 0.6 is 0 Å². The third-order valence-corrected chi connectivity index (χ3v) is 3.66. The lowest BCUT2D eigenvalue weighted by atomic mass is 10.1. The summed E-state index contributed by atoms with van der Waals surface area (Å²) in [6.07, 6.45) is 4.65. The van der Waals surface area contributed by atoms with Crippen molar-refractivity contribution < 1.29 is 19.2 Å². The van der Waals surface area contributed by atoms with Crippen LogP contribution in [0, 0.1) is 0 Å². The lowest BCUT2D eigenvalue weighted by Gasteiger charge is -2.03. The first-order valence-corrected chi connectivity index (χ1v) is 7.01. The van der Waals surface area contributed by atoms with Crippen LogP contribution in [-0.4, -0.2) is 21.2 Å². The van der Waals surface area contributed by atoms with Crippen LogP contribution < -0.4 is 4.74 Å². The van der Waals surface area contributed by atoms with Gasteiger partial charge in [-0.1, -0.05) is 18.0 Å². The minimum atomic E-state index is -0.957. The smallest absolute Gasteiger partial charge is 0.335 e. The highest BCUT2D eigenvalue weighted by atomic mass is 16.5. The monoisotopic (exact) mass is 288 g/mol. The van der Waals surface area contributed by atoms with E-state index in [0.717, 1.165) is 12.8 Å². The van der Waals surface area contributed by atoms with E-state index in [0.29, 0.717) is 23.4 Å². The average Bonchev–Trinajstić information content (AvgIpc) is 3.16. The number of aromatic carboxylic acids is 1. The van der Waals surface area contributed by atoms with Crippen LogP contribution in [-0.2, 0) is 6.61 Å². The van der Waals surface area contributed by atoms with E-state index in [-0.39, 0.29) is 12.2 Å². The fourth-order valence-corrected chi connectivity index (χ4v) is 2.51. The molecule has 0 saturated heterocycles. The molecule has 1 fully saturated rings. The number of carboxylic acid groups (broad SMARTS) is 1. The van der Waals surface area contributed by atoms with E-state index in [9.17, 15) is 4.79 Å². The summed E-state index contributed by atoms with van der Waals surface area (Å²) in [7, 11) is 0. The average molecular weight is 288 g/mol. The molecule has 21 heavy (non-hydrogen) atoms. The molecule has 0 unspecified atom stereocenters. The first-order valence-electron chi connectivity index (χ1n) is 7.01. The summed E-state index contributed by atoms with van der Waals surface area (Å²) in [5, 5.41) is 12.7. The van der Waals surface area contributed by atoms with Crippen LogP contribution in [0.15, 0.2) is 28.8 Å². The lowest BCUT2D eigenvalue weighted by molar-refractivity contribution is 0.0697. The van der Waals surface area contributed by atoms with Crippen molar-refractivity contribution in [3.8, 4) is 5.75 Å². The first-order chi connectivity index (χ1) is 10.2. The van der Waals surface area contributed by atoms with Gasteiger partial charge in [0.2, 0.25) is 11.7 Å². The summed E-state index contributed by atoms with van der Waals surface area (Å²) in [4.78, 5) is 15.1. The van der Waals surface area contributed by atoms with Crippen molar-refractivity contribution in [3.05, 3.63) is 41.5 Å². The maximum absolute atomic E-state index is 10.7. The van der Waals surface area contributed by atoms with E-state index in [4.69, 9.17) is 14.4 Å². The van der Waals surface area contributed by atoms with Gasteiger partial charge in [-0.25, -0.2) is 4.79 Å². The third kappa shape index (κ3) is 3.21. The van der Waals surface area contributed by atoms with Crippen molar-refractivity contribution in [1.82, 2.24) is 10.1 Å². The minimum Gasteiger partial charge on any atom is -0.485 e. The SMILES string of the molecule is O=C(O)c1ccc(OCc2noc(C3CCCC3)n2)cc1. The molecule has 1 aliphatic rings. The Bertz CT molecular complexity index is 615. The van der Waals surface area contributed by atoms with Crippen molar-refractivity contribution in [2.24, 2.45) is 0 Å². The maximum atomic E-state index is 10.7. The number of carbonyl (C=O) groups is 1. The van der Waals surface area contributed by atoms with Gasteiger partial charge in [0.15, 0.2) is 6.61 Å². The Balaban J connectivity index is 1.58. The maximum Gasteiger partial charge on any atom is 0.335 e. The van der Waals surface area contributed by atoms with Crippen molar-refractivity contribution in [2.45, 2.75) is 38.2 Å². The van der Waals surface area contributed by atoms with Gasteiger partial charge < -0.3 is 14.4 Å². The summed E-state index contributed by atoms with van der Waals surface area (Å²) in [5.74, 6) is 1.22. The van der Waals surface area contributed by atoms with Crippen LogP contribution in [0.5, 0.6) is 5.75 Å². The number of rotatable bonds is 5. The zero-order valence-corrected chi connectivity index (χ0v) is 11.5. The van der Waals surface area contributed by atoms with E-state index in [1.165, 1.54) is 25.0 Å². The molecule has 1 saturated carbocycles. The molecule has 110 valence electrons.